The van der Waals surface area contributed by atoms with E-state index in [9.17, 15) is 18.0 Å². The molecule has 104 valence electrons. The quantitative estimate of drug-likeness (QED) is 0.654. The fourth-order valence-electron chi connectivity index (χ4n) is 1.81. The zero-order valence-corrected chi connectivity index (χ0v) is 11.2. The Labute approximate surface area is 107 Å². The Kier molecular flexibility index (Phi) is 5.09. The average Bonchev–Trinajstić information content (AvgIpc) is 2.25. The molecule has 0 saturated carbocycles. The van der Waals surface area contributed by atoms with E-state index in [1.165, 1.54) is 4.90 Å². The number of imide groups is 1. The lowest BCUT2D eigenvalue weighted by atomic mass is 10.2. The number of amides is 3. The number of primary sulfonamides is 1. The highest BCUT2D eigenvalue weighted by molar-refractivity contribution is 7.90. The number of carbonyl (C=O) groups is 2. The topological polar surface area (TPSA) is 110 Å². The number of sulfonamides is 1. The summed E-state index contributed by atoms with van der Waals surface area (Å²) in [6, 6.07) is -0.545. The standard InChI is InChI=1S/C10H19N3O4S/c1-2-3-4-5-6-13-7-8(18(11,16)17)9(14)12-10(13)15/h8H,2-7H2,1H3,(H2,11,16,17)(H,12,14,15). The van der Waals surface area contributed by atoms with Crippen LogP contribution in [0, 0.1) is 0 Å². The minimum Gasteiger partial charge on any atom is -0.323 e. The lowest BCUT2D eigenvalue weighted by molar-refractivity contribution is -0.121. The molecule has 1 unspecified atom stereocenters. The van der Waals surface area contributed by atoms with Gasteiger partial charge in [-0.05, 0) is 6.42 Å². The minimum atomic E-state index is -3.97. The third-order valence-electron chi connectivity index (χ3n) is 2.87. The van der Waals surface area contributed by atoms with Gasteiger partial charge in [0, 0.05) is 13.1 Å². The van der Waals surface area contributed by atoms with Crippen LogP contribution < -0.4 is 10.5 Å². The predicted molar refractivity (Wildman–Crippen MR) is 66.1 cm³/mol. The zero-order chi connectivity index (χ0) is 13.8. The van der Waals surface area contributed by atoms with Gasteiger partial charge in [-0.1, -0.05) is 26.2 Å². The summed E-state index contributed by atoms with van der Waals surface area (Å²) < 4.78 is 22.4. The van der Waals surface area contributed by atoms with Gasteiger partial charge in [0.25, 0.3) is 0 Å². The molecule has 7 nitrogen and oxygen atoms in total. The summed E-state index contributed by atoms with van der Waals surface area (Å²) in [5.74, 6) is -0.840. The van der Waals surface area contributed by atoms with Crippen molar-refractivity contribution in [2.75, 3.05) is 13.1 Å². The first-order valence-corrected chi connectivity index (χ1v) is 7.58. The summed E-state index contributed by atoms with van der Waals surface area (Å²) in [5, 5.41) is 5.61. The molecule has 3 N–H and O–H groups in total. The SMILES string of the molecule is CCCCCCN1CC(S(N)(=O)=O)C(=O)NC1=O. The molecule has 1 aliphatic heterocycles. The van der Waals surface area contributed by atoms with E-state index in [0.29, 0.717) is 6.54 Å². The van der Waals surface area contributed by atoms with E-state index in [0.717, 1.165) is 25.7 Å². The summed E-state index contributed by atoms with van der Waals surface area (Å²) >= 11 is 0. The van der Waals surface area contributed by atoms with Crippen LogP contribution in [-0.2, 0) is 14.8 Å². The van der Waals surface area contributed by atoms with Crippen LogP contribution >= 0.6 is 0 Å². The van der Waals surface area contributed by atoms with E-state index in [-0.39, 0.29) is 6.54 Å². The number of hydrogen-bond acceptors (Lipinski definition) is 4. The van der Waals surface area contributed by atoms with Crippen molar-refractivity contribution in [1.29, 1.82) is 0 Å². The summed E-state index contributed by atoms with van der Waals surface area (Å²) in [5.41, 5.74) is 0. The Morgan fingerprint density at radius 2 is 2.00 bits per heavy atom. The molecule has 1 atom stereocenters. The summed E-state index contributed by atoms with van der Waals surface area (Å²) in [7, 11) is -3.97. The van der Waals surface area contributed by atoms with Crippen LogP contribution in [0.25, 0.3) is 0 Å². The van der Waals surface area contributed by atoms with Gasteiger partial charge in [0.1, 0.15) is 0 Å². The molecular weight excluding hydrogens is 258 g/mol. The molecule has 18 heavy (non-hydrogen) atoms. The molecule has 1 saturated heterocycles. The van der Waals surface area contributed by atoms with Gasteiger partial charge in [0.2, 0.25) is 15.9 Å². The molecule has 1 heterocycles. The second-order valence-electron chi connectivity index (χ2n) is 4.38. The Bertz CT molecular complexity index is 421. The van der Waals surface area contributed by atoms with Crippen molar-refractivity contribution in [2.45, 2.75) is 37.9 Å². The molecule has 0 aromatic carbocycles. The van der Waals surface area contributed by atoms with Crippen LogP contribution in [0.5, 0.6) is 0 Å². The molecule has 0 aromatic rings. The normalized spacial score (nSPS) is 21.0. The van der Waals surface area contributed by atoms with Crippen molar-refractivity contribution in [3.05, 3.63) is 0 Å². The Morgan fingerprint density at radius 1 is 1.33 bits per heavy atom. The molecule has 1 rings (SSSR count). The molecule has 8 heteroatoms. The Hall–Kier alpha value is -1.15. The molecule has 0 bridgehead atoms. The largest absolute Gasteiger partial charge is 0.324 e. The third kappa shape index (κ3) is 3.95. The summed E-state index contributed by atoms with van der Waals surface area (Å²) in [6.07, 6.45) is 3.89. The van der Waals surface area contributed by atoms with E-state index in [4.69, 9.17) is 5.14 Å². The zero-order valence-electron chi connectivity index (χ0n) is 10.4. The maximum absolute atomic E-state index is 11.5. The lowest BCUT2D eigenvalue weighted by Gasteiger charge is -2.30. The van der Waals surface area contributed by atoms with Gasteiger partial charge < -0.3 is 4.90 Å². The first kappa shape index (κ1) is 14.9. The highest BCUT2D eigenvalue weighted by Gasteiger charge is 2.38. The molecule has 3 amide bonds. The average molecular weight is 277 g/mol. The van der Waals surface area contributed by atoms with Crippen molar-refractivity contribution in [2.24, 2.45) is 5.14 Å². The fourth-order valence-corrected chi connectivity index (χ4v) is 2.55. The van der Waals surface area contributed by atoms with E-state index in [2.05, 4.69) is 6.92 Å². The van der Waals surface area contributed by atoms with Gasteiger partial charge in [-0.3, -0.25) is 10.1 Å². The number of unbranched alkanes of at least 4 members (excludes halogenated alkanes) is 3. The van der Waals surface area contributed by atoms with Crippen molar-refractivity contribution >= 4 is 22.0 Å². The molecule has 0 aliphatic carbocycles. The van der Waals surface area contributed by atoms with Gasteiger partial charge in [-0.15, -0.1) is 0 Å². The van der Waals surface area contributed by atoms with Crippen molar-refractivity contribution < 1.29 is 18.0 Å². The number of nitrogens with one attached hydrogen (secondary N) is 1. The van der Waals surface area contributed by atoms with Crippen LogP contribution in [0.1, 0.15) is 32.6 Å². The van der Waals surface area contributed by atoms with Gasteiger partial charge in [0.05, 0.1) is 0 Å². The van der Waals surface area contributed by atoms with Crippen LogP contribution in [0.2, 0.25) is 0 Å². The number of hydrogen-bond donors (Lipinski definition) is 2. The second-order valence-corrected chi connectivity index (χ2v) is 6.13. The molecule has 1 aliphatic rings. The number of rotatable bonds is 6. The fraction of sp³-hybridized carbons (Fsp3) is 0.800. The van der Waals surface area contributed by atoms with Crippen LogP contribution in [0.15, 0.2) is 0 Å². The van der Waals surface area contributed by atoms with Crippen LogP contribution in [0.4, 0.5) is 4.79 Å². The van der Waals surface area contributed by atoms with Gasteiger partial charge in [-0.2, -0.15) is 0 Å². The Morgan fingerprint density at radius 3 is 2.56 bits per heavy atom. The molecule has 0 spiro atoms. The van der Waals surface area contributed by atoms with Gasteiger partial charge in [-0.25, -0.2) is 18.4 Å². The predicted octanol–water partition coefficient (Wildman–Crippen LogP) is -0.224. The Balaban J connectivity index is 2.58. The highest BCUT2D eigenvalue weighted by Crippen LogP contribution is 2.09. The monoisotopic (exact) mass is 277 g/mol. The van der Waals surface area contributed by atoms with Gasteiger partial charge >= 0.3 is 6.03 Å². The first-order chi connectivity index (χ1) is 8.36. The molecule has 0 aromatic heterocycles. The molecule has 1 fully saturated rings. The molecular formula is C10H19N3O4S. The summed E-state index contributed by atoms with van der Waals surface area (Å²) in [4.78, 5) is 24.2. The third-order valence-corrected chi connectivity index (χ3v) is 4.03. The van der Waals surface area contributed by atoms with E-state index in [1.54, 1.807) is 0 Å². The van der Waals surface area contributed by atoms with Crippen molar-refractivity contribution in [3.63, 3.8) is 0 Å². The smallest absolute Gasteiger partial charge is 0.323 e. The maximum Gasteiger partial charge on any atom is 0.324 e. The van der Waals surface area contributed by atoms with E-state index >= 15 is 0 Å². The van der Waals surface area contributed by atoms with E-state index in [1.807, 2.05) is 5.32 Å². The van der Waals surface area contributed by atoms with Gasteiger partial charge in [0.15, 0.2) is 5.25 Å². The number of urea groups is 1. The van der Waals surface area contributed by atoms with Crippen LogP contribution in [0.3, 0.4) is 0 Å². The van der Waals surface area contributed by atoms with Crippen molar-refractivity contribution in [1.82, 2.24) is 10.2 Å². The minimum absolute atomic E-state index is 0.157. The number of nitrogens with two attached hydrogens (primary N) is 1. The number of carbonyl (C=O) groups excluding carboxylic acids is 2. The first-order valence-electron chi connectivity index (χ1n) is 5.97. The molecule has 0 radical (unpaired) electrons. The van der Waals surface area contributed by atoms with Crippen molar-refractivity contribution in [3.8, 4) is 0 Å². The number of nitrogens with zero attached hydrogens (tertiary/aromatic N) is 1. The maximum atomic E-state index is 11.5. The summed E-state index contributed by atoms with van der Waals surface area (Å²) in [6.45, 7) is 2.35. The highest BCUT2D eigenvalue weighted by atomic mass is 32.2. The lowest BCUT2D eigenvalue weighted by Crippen LogP contribution is -2.60. The van der Waals surface area contributed by atoms with Crippen LogP contribution in [-0.4, -0.2) is 43.6 Å². The van der Waals surface area contributed by atoms with E-state index < -0.39 is 27.2 Å². The second kappa shape index (κ2) is 6.14.